The van der Waals surface area contributed by atoms with Gasteiger partial charge in [-0.2, -0.15) is 0 Å². The molecule has 1 aromatic heterocycles. The third kappa shape index (κ3) is 3.29. The second-order valence-corrected chi connectivity index (χ2v) is 4.85. The number of ether oxygens (including phenoxy) is 1. The van der Waals surface area contributed by atoms with Crippen LogP contribution in [0.4, 0.5) is 0 Å². The zero-order chi connectivity index (χ0) is 13.8. The van der Waals surface area contributed by atoms with Crippen molar-refractivity contribution >= 4 is 0 Å². The first-order chi connectivity index (χ1) is 9.10. The topological polar surface area (TPSA) is 61.0 Å². The van der Waals surface area contributed by atoms with Crippen molar-refractivity contribution in [3.05, 3.63) is 47.4 Å². The molecule has 0 spiro atoms. The third-order valence-electron chi connectivity index (χ3n) is 2.88. The molecule has 2 aromatic rings. The fraction of sp³-hybridized carbons (Fsp3) is 0.333. The lowest BCUT2D eigenvalue weighted by Gasteiger charge is -2.14. The maximum Gasteiger partial charge on any atom is 0.238 e. The van der Waals surface area contributed by atoms with Crippen LogP contribution in [0, 0.1) is 6.92 Å². The predicted molar refractivity (Wildman–Crippen MR) is 75.3 cm³/mol. The molecule has 0 atom stereocenters. The molecular formula is C15H19N3O. The molecule has 0 fully saturated rings. The van der Waals surface area contributed by atoms with Crippen molar-refractivity contribution in [1.82, 2.24) is 9.97 Å². The van der Waals surface area contributed by atoms with Crippen LogP contribution >= 0.6 is 0 Å². The standard InChI is InChI=1S/C15H19N3O/c1-10(2)13-5-4-11(3)6-14(13)19-15-9-17-8-12(7-16)18-15/h4-6,8-10H,7,16H2,1-3H3. The highest BCUT2D eigenvalue weighted by molar-refractivity contribution is 5.40. The quantitative estimate of drug-likeness (QED) is 0.914. The molecule has 0 saturated heterocycles. The number of hydrogen-bond acceptors (Lipinski definition) is 4. The van der Waals surface area contributed by atoms with Gasteiger partial charge in [0, 0.05) is 12.7 Å². The van der Waals surface area contributed by atoms with Crippen molar-refractivity contribution in [2.24, 2.45) is 5.73 Å². The summed E-state index contributed by atoms with van der Waals surface area (Å²) in [5.41, 5.74) is 8.59. The number of nitrogens with two attached hydrogens (primary N) is 1. The Balaban J connectivity index is 2.33. The zero-order valence-corrected chi connectivity index (χ0v) is 11.6. The van der Waals surface area contributed by atoms with E-state index in [0.29, 0.717) is 18.3 Å². The zero-order valence-electron chi connectivity index (χ0n) is 11.6. The second kappa shape index (κ2) is 5.80. The average Bonchev–Trinajstić information content (AvgIpc) is 2.38. The van der Waals surface area contributed by atoms with E-state index < -0.39 is 0 Å². The fourth-order valence-corrected chi connectivity index (χ4v) is 1.85. The van der Waals surface area contributed by atoms with Gasteiger partial charge in [-0.25, -0.2) is 4.98 Å². The summed E-state index contributed by atoms with van der Waals surface area (Å²) in [5.74, 6) is 1.70. The molecule has 1 aromatic carbocycles. The second-order valence-electron chi connectivity index (χ2n) is 4.85. The summed E-state index contributed by atoms with van der Waals surface area (Å²) in [6.45, 7) is 6.67. The predicted octanol–water partition coefficient (Wildman–Crippen LogP) is 3.16. The Morgan fingerprint density at radius 1 is 1.26 bits per heavy atom. The van der Waals surface area contributed by atoms with Crippen molar-refractivity contribution in [1.29, 1.82) is 0 Å². The summed E-state index contributed by atoms with van der Waals surface area (Å²) < 4.78 is 5.86. The lowest BCUT2D eigenvalue weighted by molar-refractivity contribution is 0.449. The van der Waals surface area contributed by atoms with Crippen LogP contribution in [0.5, 0.6) is 11.6 Å². The first kappa shape index (κ1) is 13.5. The first-order valence-corrected chi connectivity index (χ1v) is 6.39. The van der Waals surface area contributed by atoms with E-state index in [0.717, 1.165) is 22.6 Å². The van der Waals surface area contributed by atoms with Crippen LogP contribution in [-0.4, -0.2) is 9.97 Å². The number of benzene rings is 1. The highest BCUT2D eigenvalue weighted by atomic mass is 16.5. The molecule has 2 rings (SSSR count). The van der Waals surface area contributed by atoms with E-state index in [2.05, 4.69) is 35.9 Å². The summed E-state index contributed by atoms with van der Waals surface area (Å²) in [6, 6.07) is 6.20. The van der Waals surface area contributed by atoms with E-state index >= 15 is 0 Å². The van der Waals surface area contributed by atoms with Crippen molar-refractivity contribution in [3.63, 3.8) is 0 Å². The Bertz CT molecular complexity index is 567. The summed E-state index contributed by atoms with van der Waals surface area (Å²) in [5, 5.41) is 0. The van der Waals surface area contributed by atoms with E-state index in [-0.39, 0.29) is 0 Å². The van der Waals surface area contributed by atoms with Gasteiger partial charge in [-0.3, -0.25) is 4.98 Å². The van der Waals surface area contributed by atoms with Gasteiger partial charge in [-0.1, -0.05) is 26.0 Å². The van der Waals surface area contributed by atoms with Gasteiger partial charge in [-0.05, 0) is 30.0 Å². The Kier molecular flexibility index (Phi) is 4.12. The van der Waals surface area contributed by atoms with E-state index in [9.17, 15) is 0 Å². The molecule has 2 N–H and O–H groups in total. The largest absolute Gasteiger partial charge is 0.437 e. The Morgan fingerprint density at radius 3 is 2.74 bits per heavy atom. The molecule has 4 nitrogen and oxygen atoms in total. The Hall–Kier alpha value is -1.94. The van der Waals surface area contributed by atoms with Crippen molar-refractivity contribution < 1.29 is 4.74 Å². The van der Waals surface area contributed by atoms with Crippen LogP contribution in [0.2, 0.25) is 0 Å². The van der Waals surface area contributed by atoms with Gasteiger partial charge >= 0.3 is 0 Å². The molecule has 0 radical (unpaired) electrons. The summed E-state index contributed by atoms with van der Waals surface area (Å²) in [6.07, 6.45) is 3.25. The number of aryl methyl sites for hydroxylation is 1. The molecule has 4 heteroatoms. The van der Waals surface area contributed by atoms with Gasteiger partial charge in [0.05, 0.1) is 11.9 Å². The van der Waals surface area contributed by atoms with Crippen molar-refractivity contribution in [2.45, 2.75) is 33.2 Å². The lowest BCUT2D eigenvalue weighted by Crippen LogP contribution is -2.02. The molecule has 0 saturated carbocycles. The molecule has 19 heavy (non-hydrogen) atoms. The number of aromatic nitrogens is 2. The van der Waals surface area contributed by atoms with Gasteiger partial charge in [0.25, 0.3) is 0 Å². The summed E-state index contributed by atoms with van der Waals surface area (Å²) in [4.78, 5) is 8.39. The number of nitrogens with zero attached hydrogens (tertiary/aromatic N) is 2. The molecule has 0 aliphatic rings. The van der Waals surface area contributed by atoms with Gasteiger partial charge in [0.15, 0.2) is 0 Å². The van der Waals surface area contributed by atoms with E-state index in [4.69, 9.17) is 10.5 Å². The van der Waals surface area contributed by atoms with Crippen LogP contribution < -0.4 is 10.5 Å². The summed E-state index contributed by atoms with van der Waals surface area (Å²) in [7, 11) is 0. The van der Waals surface area contributed by atoms with Crippen LogP contribution in [-0.2, 0) is 6.54 Å². The molecule has 0 amide bonds. The molecule has 0 bridgehead atoms. The molecular weight excluding hydrogens is 238 g/mol. The van der Waals surface area contributed by atoms with Crippen LogP contribution in [0.1, 0.15) is 36.6 Å². The van der Waals surface area contributed by atoms with Crippen LogP contribution in [0.3, 0.4) is 0 Å². The highest BCUT2D eigenvalue weighted by Crippen LogP contribution is 2.30. The maximum absolute atomic E-state index is 5.86. The Labute approximate surface area is 113 Å². The third-order valence-corrected chi connectivity index (χ3v) is 2.88. The normalized spacial score (nSPS) is 10.8. The van der Waals surface area contributed by atoms with Gasteiger partial charge in [0.1, 0.15) is 5.75 Å². The minimum absolute atomic E-state index is 0.356. The fourth-order valence-electron chi connectivity index (χ4n) is 1.85. The first-order valence-electron chi connectivity index (χ1n) is 6.39. The molecule has 100 valence electrons. The number of hydrogen-bond donors (Lipinski definition) is 1. The minimum atomic E-state index is 0.356. The SMILES string of the molecule is Cc1ccc(C(C)C)c(Oc2cncc(CN)n2)c1. The molecule has 0 unspecified atom stereocenters. The van der Waals surface area contributed by atoms with E-state index in [1.165, 1.54) is 0 Å². The Morgan fingerprint density at radius 2 is 2.05 bits per heavy atom. The van der Waals surface area contributed by atoms with E-state index in [1.54, 1.807) is 12.4 Å². The minimum Gasteiger partial charge on any atom is -0.437 e. The number of rotatable bonds is 4. The molecule has 0 aliphatic heterocycles. The summed E-state index contributed by atoms with van der Waals surface area (Å²) >= 11 is 0. The maximum atomic E-state index is 5.86. The van der Waals surface area contributed by atoms with Crippen LogP contribution in [0.15, 0.2) is 30.6 Å². The average molecular weight is 257 g/mol. The van der Waals surface area contributed by atoms with Crippen molar-refractivity contribution in [2.75, 3.05) is 0 Å². The molecule has 0 aliphatic carbocycles. The van der Waals surface area contributed by atoms with Gasteiger partial charge < -0.3 is 10.5 Å². The van der Waals surface area contributed by atoms with Gasteiger partial charge in [-0.15, -0.1) is 0 Å². The lowest BCUT2D eigenvalue weighted by atomic mass is 10.0. The van der Waals surface area contributed by atoms with Crippen LogP contribution in [0.25, 0.3) is 0 Å². The highest BCUT2D eigenvalue weighted by Gasteiger charge is 2.10. The smallest absolute Gasteiger partial charge is 0.238 e. The van der Waals surface area contributed by atoms with Gasteiger partial charge in [0.2, 0.25) is 5.88 Å². The van der Waals surface area contributed by atoms with Crippen molar-refractivity contribution in [3.8, 4) is 11.6 Å². The monoisotopic (exact) mass is 257 g/mol. The molecule has 1 heterocycles. The van der Waals surface area contributed by atoms with E-state index in [1.807, 2.05) is 13.0 Å².